The molecule has 0 radical (unpaired) electrons. The predicted octanol–water partition coefficient (Wildman–Crippen LogP) is 1.26. The van der Waals surface area contributed by atoms with Gasteiger partial charge in [0.2, 0.25) is 0 Å². The molecule has 0 atom stereocenters. The van der Waals surface area contributed by atoms with Crippen molar-refractivity contribution in [3.63, 3.8) is 0 Å². The van der Waals surface area contributed by atoms with Gasteiger partial charge < -0.3 is 14.4 Å². The highest BCUT2D eigenvalue weighted by Crippen LogP contribution is 2.31. The molecule has 1 aromatic carbocycles. The van der Waals surface area contributed by atoms with Crippen LogP contribution in [0, 0.1) is 0 Å². The summed E-state index contributed by atoms with van der Waals surface area (Å²) in [6.07, 6.45) is 0.909. The van der Waals surface area contributed by atoms with Crippen molar-refractivity contribution in [2.24, 2.45) is 0 Å². The van der Waals surface area contributed by atoms with E-state index in [-0.39, 0.29) is 11.7 Å². The number of benzene rings is 1. The second-order valence-electron chi connectivity index (χ2n) is 4.69. The van der Waals surface area contributed by atoms with Crippen molar-refractivity contribution in [3.05, 3.63) is 23.8 Å². The molecule has 0 saturated carbocycles. The Hall–Kier alpha value is -2.04. The first-order chi connectivity index (χ1) is 9.24. The summed E-state index contributed by atoms with van der Waals surface area (Å²) in [7, 11) is 0. The van der Waals surface area contributed by atoms with Crippen LogP contribution in [0.1, 0.15) is 23.2 Å². The molecule has 0 bridgehead atoms. The summed E-state index contributed by atoms with van der Waals surface area (Å²) in [6.45, 7) is 2.05. The number of ketones is 1. The van der Waals surface area contributed by atoms with Crippen molar-refractivity contribution in [1.82, 2.24) is 4.90 Å². The maximum atomic E-state index is 12.3. The molecule has 2 aliphatic heterocycles. The zero-order chi connectivity index (χ0) is 13.2. The number of hydrogen-bond donors (Lipinski definition) is 0. The molecule has 0 unspecified atom stereocenters. The first-order valence-electron chi connectivity index (χ1n) is 6.45. The van der Waals surface area contributed by atoms with Crippen LogP contribution >= 0.6 is 0 Å². The summed E-state index contributed by atoms with van der Waals surface area (Å²) < 4.78 is 10.9. The molecule has 2 heterocycles. The summed E-state index contributed by atoms with van der Waals surface area (Å²) in [4.78, 5) is 25.2. The Morgan fingerprint density at radius 1 is 1.05 bits per heavy atom. The van der Waals surface area contributed by atoms with E-state index in [4.69, 9.17) is 9.47 Å². The summed E-state index contributed by atoms with van der Waals surface area (Å²) in [5, 5.41) is 0. The van der Waals surface area contributed by atoms with Crippen LogP contribution in [0.5, 0.6) is 11.5 Å². The number of likely N-dealkylation sites (tertiary alicyclic amines) is 1. The van der Waals surface area contributed by atoms with Crippen LogP contribution in [0.4, 0.5) is 0 Å². The SMILES string of the molecule is O=C1CCN(C(=O)c2ccc3c(c2)OCCO3)CC1. The van der Waals surface area contributed by atoms with Crippen molar-refractivity contribution < 1.29 is 19.1 Å². The van der Waals surface area contributed by atoms with Crippen molar-refractivity contribution in [1.29, 1.82) is 0 Å². The Morgan fingerprint density at radius 2 is 1.74 bits per heavy atom. The van der Waals surface area contributed by atoms with E-state index < -0.39 is 0 Å². The molecular formula is C14H15NO4. The predicted molar refractivity (Wildman–Crippen MR) is 67.6 cm³/mol. The Morgan fingerprint density at radius 3 is 2.47 bits per heavy atom. The lowest BCUT2D eigenvalue weighted by atomic mass is 10.1. The zero-order valence-corrected chi connectivity index (χ0v) is 10.6. The van der Waals surface area contributed by atoms with Crippen molar-refractivity contribution in [3.8, 4) is 11.5 Å². The topological polar surface area (TPSA) is 55.8 Å². The minimum Gasteiger partial charge on any atom is -0.486 e. The van der Waals surface area contributed by atoms with Crippen LogP contribution in [0.25, 0.3) is 0 Å². The molecule has 0 aromatic heterocycles. The second-order valence-corrected chi connectivity index (χ2v) is 4.69. The molecule has 2 aliphatic rings. The van der Waals surface area contributed by atoms with E-state index in [1.165, 1.54) is 0 Å². The minimum atomic E-state index is -0.0514. The lowest BCUT2D eigenvalue weighted by molar-refractivity contribution is -0.120. The van der Waals surface area contributed by atoms with E-state index in [9.17, 15) is 9.59 Å². The molecule has 0 spiro atoms. The van der Waals surface area contributed by atoms with Crippen molar-refractivity contribution in [2.75, 3.05) is 26.3 Å². The molecular weight excluding hydrogens is 246 g/mol. The molecule has 1 fully saturated rings. The van der Waals surface area contributed by atoms with E-state index in [0.717, 1.165) is 0 Å². The van der Waals surface area contributed by atoms with Crippen LogP contribution in [0.15, 0.2) is 18.2 Å². The van der Waals surface area contributed by atoms with E-state index >= 15 is 0 Å². The van der Waals surface area contributed by atoms with Gasteiger partial charge in [-0.05, 0) is 18.2 Å². The van der Waals surface area contributed by atoms with E-state index in [2.05, 4.69) is 0 Å². The number of rotatable bonds is 1. The van der Waals surface area contributed by atoms with Crippen LogP contribution < -0.4 is 9.47 Å². The van der Waals surface area contributed by atoms with Crippen LogP contribution in [0.2, 0.25) is 0 Å². The van der Waals surface area contributed by atoms with Crippen molar-refractivity contribution in [2.45, 2.75) is 12.8 Å². The summed E-state index contributed by atoms with van der Waals surface area (Å²) >= 11 is 0. The van der Waals surface area contributed by atoms with E-state index in [0.29, 0.717) is 56.2 Å². The number of hydrogen-bond acceptors (Lipinski definition) is 4. The lowest BCUT2D eigenvalue weighted by Crippen LogP contribution is -2.38. The third-order valence-electron chi connectivity index (χ3n) is 3.40. The molecule has 19 heavy (non-hydrogen) atoms. The van der Waals surface area contributed by atoms with Gasteiger partial charge >= 0.3 is 0 Å². The van der Waals surface area contributed by atoms with Gasteiger partial charge in [-0.25, -0.2) is 0 Å². The zero-order valence-electron chi connectivity index (χ0n) is 10.6. The third-order valence-corrected chi connectivity index (χ3v) is 3.40. The second kappa shape index (κ2) is 4.91. The number of amides is 1. The molecule has 5 heteroatoms. The third kappa shape index (κ3) is 2.41. The van der Waals surface area contributed by atoms with E-state index in [1.54, 1.807) is 23.1 Å². The average molecular weight is 261 g/mol. The molecule has 3 rings (SSSR count). The number of nitrogens with zero attached hydrogens (tertiary/aromatic N) is 1. The van der Waals surface area contributed by atoms with Crippen LogP contribution in [-0.4, -0.2) is 42.9 Å². The fourth-order valence-electron chi connectivity index (χ4n) is 2.32. The van der Waals surface area contributed by atoms with Gasteiger partial charge in [0.25, 0.3) is 5.91 Å². The summed E-state index contributed by atoms with van der Waals surface area (Å²) in [5.74, 6) is 1.47. The highest BCUT2D eigenvalue weighted by atomic mass is 16.6. The van der Waals surface area contributed by atoms with E-state index in [1.807, 2.05) is 0 Å². The highest BCUT2D eigenvalue weighted by Gasteiger charge is 2.23. The van der Waals surface area contributed by atoms with Gasteiger partial charge in [-0.2, -0.15) is 0 Å². The number of piperidine rings is 1. The number of fused-ring (bicyclic) bond motifs is 1. The maximum absolute atomic E-state index is 12.3. The number of Topliss-reactive ketones (excluding diaryl/α,β-unsaturated/α-hetero) is 1. The van der Waals surface area contributed by atoms with Gasteiger partial charge in [-0.15, -0.1) is 0 Å². The standard InChI is InChI=1S/C14H15NO4/c16-11-3-5-15(6-4-11)14(17)10-1-2-12-13(9-10)19-8-7-18-12/h1-2,9H,3-8H2. The largest absolute Gasteiger partial charge is 0.486 e. The number of carbonyl (C=O) groups is 2. The van der Waals surface area contributed by atoms with Crippen molar-refractivity contribution >= 4 is 11.7 Å². The fourth-order valence-corrected chi connectivity index (χ4v) is 2.32. The Kier molecular flexibility index (Phi) is 3.11. The van der Waals surface area contributed by atoms with Gasteiger partial charge in [0.1, 0.15) is 19.0 Å². The molecule has 5 nitrogen and oxygen atoms in total. The first-order valence-corrected chi connectivity index (χ1v) is 6.45. The minimum absolute atomic E-state index is 0.0514. The molecule has 0 N–H and O–H groups in total. The van der Waals surface area contributed by atoms with Gasteiger partial charge in [0.15, 0.2) is 11.5 Å². The Bertz CT molecular complexity index is 516. The smallest absolute Gasteiger partial charge is 0.254 e. The number of ether oxygens (including phenoxy) is 2. The average Bonchev–Trinajstić information content (AvgIpc) is 2.47. The lowest BCUT2D eigenvalue weighted by Gasteiger charge is -2.26. The fraction of sp³-hybridized carbons (Fsp3) is 0.429. The normalized spacial score (nSPS) is 18.3. The maximum Gasteiger partial charge on any atom is 0.254 e. The molecule has 1 aromatic rings. The Labute approximate surface area is 111 Å². The van der Waals surface area contributed by atoms with Gasteiger partial charge in [0, 0.05) is 31.5 Å². The molecule has 1 amide bonds. The van der Waals surface area contributed by atoms with Gasteiger partial charge in [-0.1, -0.05) is 0 Å². The highest BCUT2D eigenvalue weighted by molar-refractivity contribution is 5.96. The quantitative estimate of drug-likeness (QED) is 0.763. The Balaban J connectivity index is 1.78. The van der Waals surface area contributed by atoms with Crippen LogP contribution in [-0.2, 0) is 4.79 Å². The summed E-state index contributed by atoms with van der Waals surface area (Å²) in [5.41, 5.74) is 0.582. The molecule has 1 saturated heterocycles. The first kappa shape index (κ1) is 12.0. The molecule has 100 valence electrons. The molecule has 0 aliphatic carbocycles. The number of carbonyl (C=O) groups excluding carboxylic acids is 2. The monoisotopic (exact) mass is 261 g/mol. The van der Waals surface area contributed by atoms with Crippen LogP contribution in [0.3, 0.4) is 0 Å². The van der Waals surface area contributed by atoms with Gasteiger partial charge in [-0.3, -0.25) is 9.59 Å². The van der Waals surface area contributed by atoms with Gasteiger partial charge in [0.05, 0.1) is 0 Å². The summed E-state index contributed by atoms with van der Waals surface area (Å²) in [6, 6.07) is 5.22.